The second-order valence-electron chi connectivity index (χ2n) is 6.31. The minimum absolute atomic E-state index is 0.0730. The van der Waals surface area contributed by atoms with Gasteiger partial charge >= 0.3 is 5.97 Å². The van der Waals surface area contributed by atoms with Crippen molar-refractivity contribution in [1.29, 1.82) is 0 Å². The number of carbonyl (C=O) groups is 1. The summed E-state index contributed by atoms with van der Waals surface area (Å²) in [5.41, 5.74) is 0. The van der Waals surface area contributed by atoms with Crippen molar-refractivity contribution in [3.8, 4) is 0 Å². The second-order valence-corrected chi connectivity index (χ2v) is 11.1. The van der Waals surface area contributed by atoms with Crippen LogP contribution in [0.4, 0.5) is 0 Å². The Morgan fingerprint density at radius 3 is 2.32 bits per heavy atom. The predicted molar refractivity (Wildman–Crippen MR) is 82.8 cm³/mol. The van der Waals surface area contributed by atoms with Crippen LogP contribution in [0, 0.1) is 0 Å². The van der Waals surface area contributed by atoms with E-state index in [1.807, 2.05) is 19.9 Å². The molecule has 0 aliphatic carbocycles. The molecule has 0 N–H and O–H groups in total. The molecule has 0 amide bonds. The Morgan fingerprint density at radius 2 is 1.89 bits per heavy atom. The van der Waals surface area contributed by atoms with Crippen molar-refractivity contribution in [2.75, 3.05) is 6.61 Å². The summed E-state index contributed by atoms with van der Waals surface area (Å²) in [4.78, 5) is 11.6. The molecule has 0 aliphatic rings. The van der Waals surface area contributed by atoms with E-state index in [1.165, 1.54) is 0 Å². The third-order valence-electron chi connectivity index (χ3n) is 3.60. The lowest BCUT2D eigenvalue weighted by atomic mass is 10.2. The molecule has 1 atom stereocenters. The Kier molecular flexibility index (Phi) is 7.60. The maximum absolute atomic E-state index is 11.6. The number of esters is 1. The fourth-order valence-electron chi connectivity index (χ4n) is 1.46. The number of allylic oxidation sites excluding steroid dienone is 1. The summed E-state index contributed by atoms with van der Waals surface area (Å²) < 4.78 is 11.3. The van der Waals surface area contributed by atoms with Gasteiger partial charge < -0.3 is 9.16 Å². The summed E-state index contributed by atoms with van der Waals surface area (Å²) in [6.45, 7) is 15.3. The first-order valence-electron chi connectivity index (χ1n) is 7.08. The average molecular weight is 286 g/mol. The number of hydrogen-bond acceptors (Lipinski definition) is 3. The van der Waals surface area contributed by atoms with E-state index in [0.717, 1.165) is 6.42 Å². The highest BCUT2D eigenvalue weighted by Crippen LogP contribution is 2.38. The molecule has 0 aromatic carbocycles. The molecular formula is C15H30O3Si. The molecule has 0 unspecified atom stereocenters. The lowest BCUT2D eigenvalue weighted by Crippen LogP contribution is -2.44. The molecule has 0 aromatic rings. The number of carbonyl (C=O) groups excluding carboxylic acids is 1. The average Bonchev–Trinajstić information content (AvgIpc) is 2.24. The lowest BCUT2D eigenvalue weighted by Gasteiger charge is -2.39. The van der Waals surface area contributed by atoms with E-state index in [-0.39, 0.29) is 17.1 Å². The van der Waals surface area contributed by atoms with E-state index in [4.69, 9.17) is 9.16 Å². The van der Waals surface area contributed by atoms with E-state index in [2.05, 4.69) is 39.9 Å². The van der Waals surface area contributed by atoms with E-state index in [9.17, 15) is 4.79 Å². The Balaban J connectivity index is 4.72. The third kappa shape index (κ3) is 6.92. The first kappa shape index (κ1) is 18.4. The molecule has 4 heteroatoms. The number of ether oxygens (including phenoxy) is 1. The van der Waals surface area contributed by atoms with Gasteiger partial charge in [0.15, 0.2) is 8.32 Å². The van der Waals surface area contributed by atoms with E-state index in [1.54, 1.807) is 0 Å². The Morgan fingerprint density at radius 1 is 1.32 bits per heavy atom. The zero-order chi connectivity index (χ0) is 15.1. The molecule has 112 valence electrons. The molecule has 0 fully saturated rings. The van der Waals surface area contributed by atoms with Gasteiger partial charge in [-0.15, -0.1) is 0 Å². The summed E-state index contributed by atoms with van der Waals surface area (Å²) in [6.07, 6.45) is 5.08. The Hall–Kier alpha value is -0.613. The van der Waals surface area contributed by atoms with Crippen molar-refractivity contribution in [2.24, 2.45) is 0 Å². The van der Waals surface area contributed by atoms with Crippen LogP contribution in [0.25, 0.3) is 0 Å². The summed E-state index contributed by atoms with van der Waals surface area (Å²) in [5.74, 6) is -0.171. The topological polar surface area (TPSA) is 35.5 Å². The van der Waals surface area contributed by atoms with Crippen molar-refractivity contribution in [3.63, 3.8) is 0 Å². The highest BCUT2D eigenvalue weighted by molar-refractivity contribution is 6.74. The molecule has 0 rings (SSSR count). The minimum atomic E-state index is -1.85. The molecule has 0 heterocycles. The van der Waals surface area contributed by atoms with Gasteiger partial charge in [0.25, 0.3) is 0 Å². The lowest BCUT2D eigenvalue weighted by molar-refractivity contribution is -0.145. The zero-order valence-corrected chi connectivity index (χ0v) is 14.6. The number of rotatable bonds is 7. The molecule has 0 radical (unpaired) electrons. The summed E-state index contributed by atoms with van der Waals surface area (Å²) in [5, 5.41) is 0.149. The second kappa shape index (κ2) is 7.85. The van der Waals surface area contributed by atoms with Crippen molar-refractivity contribution >= 4 is 14.3 Å². The first-order valence-corrected chi connectivity index (χ1v) is 9.99. The highest BCUT2D eigenvalue weighted by Gasteiger charge is 2.39. The Bertz CT molecular complexity index is 303. The normalized spacial score (nSPS) is 14.7. The van der Waals surface area contributed by atoms with Crippen LogP contribution in [0.15, 0.2) is 12.2 Å². The maximum Gasteiger partial charge on any atom is 0.308 e. The fourth-order valence-corrected chi connectivity index (χ4v) is 2.83. The quantitative estimate of drug-likeness (QED) is 0.398. The van der Waals surface area contributed by atoms with E-state index in [0.29, 0.717) is 13.0 Å². The number of hydrogen-bond donors (Lipinski definition) is 0. The molecule has 0 saturated carbocycles. The van der Waals surface area contributed by atoms with Gasteiger partial charge in [-0.1, -0.05) is 32.9 Å². The molecule has 19 heavy (non-hydrogen) atoms. The van der Waals surface area contributed by atoms with Crippen LogP contribution in [0.5, 0.6) is 0 Å². The standard InChI is InChI=1S/C15H30O3Si/c1-8-10-11-13(12-14(16)17-9-2)18-19(6,7)15(3,4)5/h8,10,13H,9,11-12H2,1-7H3/b10-8+/t13-/m1/s1. The van der Waals surface area contributed by atoms with Gasteiger partial charge in [-0.2, -0.15) is 0 Å². The van der Waals surface area contributed by atoms with Gasteiger partial charge in [-0.3, -0.25) is 4.79 Å². The van der Waals surface area contributed by atoms with E-state index >= 15 is 0 Å². The molecule has 3 nitrogen and oxygen atoms in total. The van der Waals surface area contributed by atoms with Gasteiger partial charge in [0.05, 0.1) is 19.1 Å². The van der Waals surface area contributed by atoms with Gasteiger partial charge in [0.1, 0.15) is 0 Å². The van der Waals surface area contributed by atoms with Gasteiger partial charge in [-0.05, 0) is 38.4 Å². The molecule has 0 spiro atoms. The minimum Gasteiger partial charge on any atom is -0.466 e. The van der Waals surface area contributed by atoms with Crippen molar-refractivity contribution in [3.05, 3.63) is 12.2 Å². The zero-order valence-electron chi connectivity index (χ0n) is 13.6. The summed E-state index contributed by atoms with van der Waals surface area (Å²) in [7, 11) is -1.85. The monoisotopic (exact) mass is 286 g/mol. The van der Waals surface area contributed by atoms with Crippen LogP contribution in [-0.4, -0.2) is 27.0 Å². The van der Waals surface area contributed by atoms with Gasteiger partial charge in [0.2, 0.25) is 0 Å². The highest BCUT2D eigenvalue weighted by atomic mass is 28.4. The van der Waals surface area contributed by atoms with Crippen LogP contribution < -0.4 is 0 Å². The van der Waals surface area contributed by atoms with Gasteiger partial charge in [-0.25, -0.2) is 0 Å². The van der Waals surface area contributed by atoms with Gasteiger partial charge in [0, 0.05) is 0 Å². The van der Waals surface area contributed by atoms with Crippen LogP contribution in [0.1, 0.15) is 47.5 Å². The molecular weight excluding hydrogens is 256 g/mol. The summed E-state index contributed by atoms with van der Waals surface area (Å²) >= 11 is 0. The Labute approximate surface area is 119 Å². The van der Waals surface area contributed by atoms with Crippen molar-refractivity contribution < 1.29 is 14.0 Å². The summed E-state index contributed by atoms with van der Waals surface area (Å²) in [6, 6.07) is 0. The predicted octanol–water partition coefficient (Wildman–Crippen LogP) is 4.30. The first-order chi connectivity index (χ1) is 8.64. The van der Waals surface area contributed by atoms with Crippen molar-refractivity contribution in [2.45, 2.75) is 71.7 Å². The third-order valence-corrected chi connectivity index (χ3v) is 8.14. The maximum atomic E-state index is 11.6. The smallest absolute Gasteiger partial charge is 0.308 e. The molecule has 0 saturated heterocycles. The van der Waals surface area contributed by atoms with Crippen LogP contribution in [0.2, 0.25) is 18.1 Å². The molecule has 0 bridgehead atoms. The molecule has 0 aliphatic heterocycles. The van der Waals surface area contributed by atoms with E-state index < -0.39 is 8.32 Å². The fraction of sp³-hybridized carbons (Fsp3) is 0.800. The molecule has 0 aromatic heterocycles. The largest absolute Gasteiger partial charge is 0.466 e. The van der Waals surface area contributed by atoms with Crippen LogP contribution in [-0.2, 0) is 14.0 Å². The van der Waals surface area contributed by atoms with Crippen LogP contribution >= 0.6 is 0 Å². The SMILES string of the molecule is C/C=C/C[C@H](CC(=O)OCC)O[Si](C)(C)C(C)(C)C. The van der Waals surface area contributed by atoms with Crippen molar-refractivity contribution in [1.82, 2.24) is 0 Å². The van der Waals surface area contributed by atoms with Crippen LogP contribution in [0.3, 0.4) is 0 Å².